The fourth-order valence-corrected chi connectivity index (χ4v) is 6.56. The summed E-state index contributed by atoms with van der Waals surface area (Å²) in [7, 11) is -0.463. The zero-order chi connectivity index (χ0) is 23.8. The Kier molecular flexibility index (Phi) is 7.99. The quantitative estimate of drug-likeness (QED) is 0.232. The number of halogens is 1. The minimum absolute atomic E-state index is 0.0153. The van der Waals surface area contributed by atoms with Crippen LogP contribution in [0.3, 0.4) is 0 Å². The Morgan fingerprint density at radius 2 is 1.84 bits per heavy atom. The van der Waals surface area contributed by atoms with Gasteiger partial charge in [0.2, 0.25) is 5.43 Å². The van der Waals surface area contributed by atoms with Crippen LogP contribution in [0.25, 0.3) is 0 Å². The summed E-state index contributed by atoms with van der Waals surface area (Å²) >= 11 is 2.17. The molecular formula is C24H39IN2O4Si. The van der Waals surface area contributed by atoms with Crippen molar-refractivity contribution in [2.24, 2.45) is 0 Å². The van der Waals surface area contributed by atoms with Crippen LogP contribution in [0.1, 0.15) is 88.1 Å². The summed E-state index contributed by atoms with van der Waals surface area (Å²) in [5.74, 6) is 0.175. The number of Topliss-reactive ketones (excluding diaryl/α,β-unsaturated/α-hetero) is 1. The van der Waals surface area contributed by atoms with Crippen LogP contribution in [0.4, 0.5) is 0 Å². The summed E-state index contributed by atoms with van der Waals surface area (Å²) < 4.78 is 15.0. The van der Waals surface area contributed by atoms with Crippen molar-refractivity contribution >= 4 is 36.7 Å². The third-order valence-corrected chi connectivity index (χ3v) is 13.0. The van der Waals surface area contributed by atoms with Gasteiger partial charge in [0.15, 0.2) is 19.9 Å². The number of carbonyl (C=O) groups excluding carboxylic acids is 1. The van der Waals surface area contributed by atoms with E-state index in [1.54, 1.807) is 0 Å². The van der Waals surface area contributed by atoms with Crippen LogP contribution in [0.5, 0.6) is 5.75 Å². The standard InChI is InChI=1S/C24H39IN2O4Si/c1-8-11-18(28)21-23(30-5)22(29)19(25)20-17(26-12-9-10-13-26)14-16(27(20)21)15-31-32(6,7)24(2,3)4/h16-17H,8-15H2,1-7H3/t16-,17+/m0/s1. The lowest BCUT2D eigenvalue weighted by Crippen LogP contribution is -2.42. The smallest absolute Gasteiger partial charge is 0.237 e. The van der Waals surface area contributed by atoms with Gasteiger partial charge in [0.1, 0.15) is 5.69 Å². The van der Waals surface area contributed by atoms with Crippen molar-refractivity contribution in [2.75, 3.05) is 26.8 Å². The van der Waals surface area contributed by atoms with Crippen molar-refractivity contribution in [3.63, 3.8) is 0 Å². The van der Waals surface area contributed by atoms with Crippen LogP contribution in [0.2, 0.25) is 18.1 Å². The predicted molar refractivity (Wildman–Crippen MR) is 140 cm³/mol. The number of carbonyl (C=O) groups is 1. The number of likely N-dealkylation sites (tertiary alicyclic amines) is 1. The van der Waals surface area contributed by atoms with E-state index in [4.69, 9.17) is 9.16 Å². The number of methoxy groups -OCH3 is 1. The summed E-state index contributed by atoms with van der Waals surface area (Å²) in [5, 5.41) is 0.110. The predicted octanol–water partition coefficient (Wildman–Crippen LogP) is 5.55. The topological polar surface area (TPSA) is 60.8 Å². The molecule has 0 spiro atoms. The molecule has 32 heavy (non-hydrogen) atoms. The highest BCUT2D eigenvalue weighted by atomic mass is 127. The van der Waals surface area contributed by atoms with E-state index < -0.39 is 8.32 Å². The Morgan fingerprint density at radius 1 is 1.22 bits per heavy atom. The fourth-order valence-electron chi connectivity index (χ4n) is 4.65. The fraction of sp³-hybridized carbons (Fsp3) is 0.750. The first-order valence-electron chi connectivity index (χ1n) is 11.9. The molecule has 1 fully saturated rings. The third-order valence-electron chi connectivity index (χ3n) is 7.49. The zero-order valence-electron chi connectivity index (χ0n) is 20.7. The van der Waals surface area contributed by atoms with Crippen LogP contribution in [-0.2, 0) is 4.43 Å². The van der Waals surface area contributed by atoms with Gasteiger partial charge in [0, 0.05) is 6.42 Å². The molecule has 6 nitrogen and oxygen atoms in total. The summed E-state index contributed by atoms with van der Waals surface area (Å²) in [5.41, 5.74) is 1.27. The SMILES string of the molecule is CCCC(=O)c1c(OC)c(=O)c(I)c2n1[C@H](CO[Si](C)(C)C(C)(C)C)C[C@H]2N1CCCC1. The molecule has 2 atom stereocenters. The van der Waals surface area contributed by atoms with Gasteiger partial charge in [-0.2, -0.15) is 0 Å². The van der Waals surface area contributed by atoms with Crippen LogP contribution in [0.15, 0.2) is 4.79 Å². The van der Waals surface area contributed by atoms with Crippen LogP contribution < -0.4 is 10.2 Å². The highest BCUT2D eigenvalue weighted by molar-refractivity contribution is 14.1. The molecule has 1 saturated heterocycles. The first-order chi connectivity index (χ1) is 14.9. The molecule has 2 aliphatic heterocycles. The second-order valence-electron chi connectivity index (χ2n) is 10.7. The number of rotatable bonds is 8. The van der Waals surface area contributed by atoms with Gasteiger partial charge in [-0.05, 0) is 79.5 Å². The normalized spacial score (nSPS) is 21.8. The number of nitrogens with zero attached hydrogens (tertiary/aromatic N) is 2. The molecule has 0 amide bonds. The molecule has 1 aromatic rings. The molecule has 180 valence electrons. The minimum atomic E-state index is -1.96. The van der Waals surface area contributed by atoms with Gasteiger partial charge in [-0.1, -0.05) is 27.7 Å². The Morgan fingerprint density at radius 3 is 2.38 bits per heavy atom. The maximum Gasteiger partial charge on any atom is 0.237 e. The van der Waals surface area contributed by atoms with Crippen molar-refractivity contribution in [1.29, 1.82) is 0 Å². The van der Waals surface area contributed by atoms with E-state index in [0.29, 0.717) is 22.3 Å². The van der Waals surface area contributed by atoms with Gasteiger partial charge in [0.25, 0.3) is 0 Å². The van der Waals surface area contributed by atoms with Crippen molar-refractivity contribution in [3.05, 3.63) is 25.2 Å². The van der Waals surface area contributed by atoms with Gasteiger partial charge in [-0.25, -0.2) is 0 Å². The Hall–Kier alpha value is -0.713. The van der Waals surface area contributed by atoms with Gasteiger partial charge in [-0.15, -0.1) is 0 Å². The van der Waals surface area contributed by atoms with E-state index in [2.05, 4.69) is 65.9 Å². The van der Waals surface area contributed by atoms with E-state index in [9.17, 15) is 9.59 Å². The second-order valence-corrected chi connectivity index (χ2v) is 16.6. The van der Waals surface area contributed by atoms with E-state index in [1.807, 2.05) is 6.92 Å². The van der Waals surface area contributed by atoms with E-state index in [1.165, 1.54) is 20.0 Å². The van der Waals surface area contributed by atoms with Crippen LogP contribution >= 0.6 is 22.6 Å². The lowest BCUT2D eigenvalue weighted by Gasteiger charge is -2.37. The second kappa shape index (κ2) is 9.88. The number of ketones is 1. The molecule has 0 unspecified atom stereocenters. The Bertz CT molecular complexity index is 916. The average Bonchev–Trinajstić information content (AvgIpc) is 3.36. The first-order valence-corrected chi connectivity index (χ1v) is 15.9. The molecule has 2 aliphatic rings. The molecule has 3 rings (SSSR count). The van der Waals surface area contributed by atoms with Gasteiger partial charge in [-0.3, -0.25) is 14.5 Å². The van der Waals surface area contributed by atoms with Crippen molar-refractivity contribution in [3.8, 4) is 5.75 Å². The molecule has 0 saturated carbocycles. The molecule has 0 bridgehead atoms. The molecule has 3 heterocycles. The molecule has 0 aliphatic carbocycles. The Labute approximate surface area is 207 Å². The maximum absolute atomic E-state index is 13.3. The zero-order valence-corrected chi connectivity index (χ0v) is 23.9. The average molecular weight is 575 g/mol. The number of hydrogen-bond donors (Lipinski definition) is 0. The van der Waals surface area contributed by atoms with Gasteiger partial charge < -0.3 is 13.7 Å². The van der Waals surface area contributed by atoms with Crippen molar-refractivity contribution < 1.29 is 14.0 Å². The summed E-state index contributed by atoms with van der Waals surface area (Å²) in [6.07, 6.45) is 4.36. The van der Waals surface area contributed by atoms with E-state index in [0.717, 1.165) is 31.6 Å². The summed E-state index contributed by atoms with van der Waals surface area (Å²) in [4.78, 5) is 29.0. The molecule has 8 heteroatoms. The Balaban J connectivity index is 2.14. The number of aromatic nitrogens is 1. The molecule has 0 aromatic carbocycles. The summed E-state index contributed by atoms with van der Waals surface area (Å²) in [6.45, 7) is 15.9. The van der Waals surface area contributed by atoms with E-state index >= 15 is 0 Å². The van der Waals surface area contributed by atoms with E-state index in [-0.39, 0.29) is 34.1 Å². The van der Waals surface area contributed by atoms with Gasteiger partial charge in [0.05, 0.1) is 35.1 Å². The minimum Gasteiger partial charge on any atom is -0.491 e. The lowest BCUT2D eigenvalue weighted by molar-refractivity contribution is 0.0963. The van der Waals surface area contributed by atoms with Gasteiger partial charge >= 0.3 is 0 Å². The number of fused-ring (bicyclic) bond motifs is 1. The number of hydrogen-bond acceptors (Lipinski definition) is 5. The van der Waals surface area contributed by atoms with Crippen LogP contribution in [0, 0.1) is 3.57 Å². The molecule has 1 aromatic heterocycles. The summed E-state index contributed by atoms with van der Waals surface area (Å²) in [6, 6.07) is 0.160. The number of pyridine rings is 1. The molecule has 0 N–H and O–H groups in total. The number of ether oxygens (including phenoxy) is 1. The maximum atomic E-state index is 13.3. The largest absolute Gasteiger partial charge is 0.491 e. The highest BCUT2D eigenvalue weighted by Crippen LogP contribution is 2.45. The van der Waals surface area contributed by atoms with Crippen molar-refractivity contribution in [2.45, 2.75) is 90.0 Å². The highest BCUT2D eigenvalue weighted by Gasteiger charge is 2.43. The van der Waals surface area contributed by atoms with Crippen LogP contribution in [-0.4, -0.2) is 50.4 Å². The lowest BCUT2D eigenvalue weighted by atomic mass is 10.1. The monoisotopic (exact) mass is 574 g/mol. The first kappa shape index (κ1) is 25.9. The molecule has 0 radical (unpaired) electrons. The third kappa shape index (κ3) is 4.74. The molecular weight excluding hydrogens is 535 g/mol. The van der Waals surface area contributed by atoms with Crippen molar-refractivity contribution in [1.82, 2.24) is 9.47 Å².